The van der Waals surface area contributed by atoms with Crippen molar-refractivity contribution in [1.29, 1.82) is 0 Å². The van der Waals surface area contributed by atoms with E-state index in [1.54, 1.807) is 12.3 Å². The molecule has 7 heteroatoms. The monoisotopic (exact) mass is 274 g/mol. The van der Waals surface area contributed by atoms with E-state index in [1.165, 1.54) is 11.2 Å². The smallest absolute Gasteiger partial charge is 0.407 e. The SMILES string of the molecule is O=C(c1ncnc2[nH]ccc12)C1CCCN(C(=O)O)C1. The van der Waals surface area contributed by atoms with E-state index >= 15 is 0 Å². The van der Waals surface area contributed by atoms with Crippen LogP contribution in [0.3, 0.4) is 0 Å². The van der Waals surface area contributed by atoms with Gasteiger partial charge in [0.25, 0.3) is 0 Å². The summed E-state index contributed by atoms with van der Waals surface area (Å²) in [4.78, 5) is 35.9. The Morgan fingerprint density at radius 3 is 3.05 bits per heavy atom. The minimum Gasteiger partial charge on any atom is -0.465 e. The fourth-order valence-corrected chi connectivity index (χ4v) is 2.63. The summed E-state index contributed by atoms with van der Waals surface area (Å²) in [5.41, 5.74) is 0.989. The number of carbonyl (C=O) groups excluding carboxylic acids is 1. The highest BCUT2D eigenvalue weighted by Crippen LogP contribution is 2.23. The van der Waals surface area contributed by atoms with Gasteiger partial charge in [-0.25, -0.2) is 14.8 Å². The molecule has 3 rings (SSSR count). The molecular weight excluding hydrogens is 260 g/mol. The Labute approximate surface area is 114 Å². The highest BCUT2D eigenvalue weighted by atomic mass is 16.4. The first-order valence-corrected chi connectivity index (χ1v) is 6.47. The molecule has 2 aromatic rings. The van der Waals surface area contributed by atoms with Crippen LogP contribution in [0.1, 0.15) is 23.3 Å². The maximum atomic E-state index is 12.6. The van der Waals surface area contributed by atoms with Crippen molar-refractivity contribution in [3.8, 4) is 0 Å². The number of aromatic nitrogens is 3. The topological polar surface area (TPSA) is 99.2 Å². The molecule has 1 aliphatic rings. The number of likely N-dealkylation sites (tertiary alicyclic amines) is 1. The van der Waals surface area contributed by atoms with Crippen LogP contribution in [0.2, 0.25) is 0 Å². The molecule has 0 spiro atoms. The van der Waals surface area contributed by atoms with E-state index in [0.29, 0.717) is 36.1 Å². The van der Waals surface area contributed by atoms with Gasteiger partial charge in [0, 0.05) is 30.6 Å². The number of H-pyrrole nitrogens is 1. The van der Waals surface area contributed by atoms with Gasteiger partial charge in [0.1, 0.15) is 17.7 Å². The van der Waals surface area contributed by atoms with Gasteiger partial charge in [-0.2, -0.15) is 0 Å². The lowest BCUT2D eigenvalue weighted by Crippen LogP contribution is -2.41. The van der Waals surface area contributed by atoms with Crippen molar-refractivity contribution in [2.45, 2.75) is 12.8 Å². The minimum absolute atomic E-state index is 0.108. The average molecular weight is 274 g/mol. The Kier molecular flexibility index (Phi) is 3.09. The van der Waals surface area contributed by atoms with Gasteiger partial charge in [-0.3, -0.25) is 4.79 Å². The molecule has 0 saturated carbocycles. The molecule has 1 saturated heterocycles. The Morgan fingerprint density at radius 1 is 1.40 bits per heavy atom. The molecule has 0 aliphatic carbocycles. The lowest BCUT2D eigenvalue weighted by molar-refractivity contribution is 0.0803. The number of hydrogen-bond acceptors (Lipinski definition) is 4. The number of ketones is 1. The van der Waals surface area contributed by atoms with Gasteiger partial charge >= 0.3 is 6.09 Å². The first kappa shape index (κ1) is 12.6. The largest absolute Gasteiger partial charge is 0.465 e. The van der Waals surface area contributed by atoms with Crippen LogP contribution in [0.4, 0.5) is 4.79 Å². The predicted molar refractivity (Wildman–Crippen MR) is 70.5 cm³/mol. The quantitative estimate of drug-likeness (QED) is 0.809. The van der Waals surface area contributed by atoms with Crippen molar-refractivity contribution >= 4 is 22.9 Å². The molecule has 1 atom stereocenters. The standard InChI is InChI=1S/C13H14N4O3/c18-11(8-2-1-5-17(6-8)13(19)20)10-9-3-4-14-12(9)16-7-15-10/h3-4,7-8H,1-2,5-6H2,(H,19,20)(H,14,15,16). The Morgan fingerprint density at radius 2 is 2.25 bits per heavy atom. The summed E-state index contributed by atoms with van der Waals surface area (Å²) in [7, 11) is 0. The third-order valence-electron chi connectivity index (χ3n) is 3.65. The van der Waals surface area contributed by atoms with Crippen molar-refractivity contribution in [2.75, 3.05) is 13.1 Å². The van der Waals surface area contributed by atoms with Gasteiger partial charge in [0.15, 0.2) is 5.78 Å². The molecule has 2 N–H and O–H groups in total. The van der Waals surface area contributed by atoms with E-state index in [-0.39, 0.29) is 18.2 Å². The molecule has 7 nitrogen and oxygen atoms in total. The van der Waals surface area contributed by atoms with Gasteiger partial charge in [-0.1, -0.05) is 0 Å². The lowest BCUT2D eigenvalue weighted by atomic mass is 9.91. The Hall–Kier alpha value is -2.44. The zero-order valence-electron chi connectivity index (χ0n) is 10.7. The van der Waals surface area contributed by atoms with Crippen LogP contribution in [0.15, 0.2) is 18.6 Å². The normalized spacial score (nSPS) is 19.2. The molecule has 20 heavy (non-hydrogen) atoms. The number of amides is 1. The summed E-state index contributed by atoms with van der Waals surface area (Å²) in [6.45, 7) is 0.729. The highest BCUT2D eigenvalue weighted by molar-refractivity contribution is 6.06. The summed E-state index contributed by atoms with van der Waals surface area (Å²) in [5.74, 6) is -0.434. The maximum absolute atomic E-state index is 12.6. The van der Waals surface area contributed by atoms with Crippen LogP contribution >= 0.6 is 0 Å². The van der Waals surface area contributed by atoms with E-state index in [1.807, 2.05) is 0 Å². The zero-order chi connectivity index (χ0) is 14.1. The second-order valence-corrected chi connectivity index (χ2v) is 4.89. The fourth-order valence-electron chi connectivity index (χ4n) is 2.63. The van der Waals surface area contributed by atoms with Crippen LogP contribution < -0.4 is 0 Å². The van der Waals surface area contributed by atoms with Gasteiger partial charge in [0.2, 0.25) is 0 Å². The van der Waals surface area contributed by atoms with Crippen molar-refractivity contribution in [2.24, 2.45) is 5.92 Å². The average Bonchev–Trinajstić information content (AvgIpc) is 2.95. The molecular formula is C13H14N4O3. The second-order valence-electron chi connectivity index (χ2n) is 4.89. The highest BCUT2D eigenvalue weighted by Gasteiger charge is 2.30. The number of aromatic amines is 1. The zero-order valence-corrected chi connectivity index (χ0v) is 10.7. The predicted octanol–water partition coefficient (Wildman–Crippen LogP) is 1.53. The minimum atomic E-state index is -0.975. The number of carboxylic acid groups (broad SMARTS) is 1. The van der Waals surface area contributed by atoms with Crippen molar-refractivity contribution < 1.29 is 14.7 Å². The van der Waals surface area contributed by atoms with Gasteiger partial charge in [-0.15, -0.1) is 0 Å². The van der Waals surface area contributed by atoms with Gasteiger partial charge in [-0.05, 0) is 18.9 Å². The van der Waals surface area contributed by atoms with Crippen LogP contribution in [-0.4, -0.2) is 49.9 Å². The molecule has 0 aromatic carbocycles. The second kappa shape index (κ2) is 4.92. The molecule has 3 heterocycles. The molecule has 0 bridgehead atoms. The molecule has 2 aromatic heterocycles. The number of carbonyl (C=O) groups is 2. The van der Waals surface area contributed by atoms with Crippen molar-refractivity contribution in [1.82, 2.24) is 19.9 Å². The first-order chi connectivity index (χ1) is 9.66. The van der Waals surface area contributed by atoms with Crippen molar-refractivity contribution in [3.63, 3.8) is 0 Å². The van der Waals surface area contributed by atoms with Crippen LogP contribution in [-0.2, 0) is 0 Å². The van der Waals surface area contributed by atoms with Gasteiger partial charge in [0.05, 0.1) is 0 Å². The van der Waals surface area contributed by atoms with E-state index in [4.69, 9.17) is 5.11 Å². The number of fused-ring (bicyclic) bond motifs is 1. The summed E-state index contributed by atoms with van der Waals surface area (Å²) in [6, 6.07) is 1.76. The van der Waals surface area contributed by atoms with E-state index in [9.17, 15) is 9.59 Å². The van der Waals surface area contributed by atoms with E-state index in [0.717, 1.165) is 0 Å². The van der Waals surface area contributed by atoms with Crippen LogP contribution in [0.25, 0.3) is 11.0 Å². The molecule has 104 valence electrons. The summed E-state index contributed by atoms with van der Waals surface area (Å²) in [5, 5.41) is 9.72. The molecule has 1 unspecified atom stereocenters. The number of hydrogen-bond donors (Lipinski definition) is 2. The lowest BCUT2D eigenvalue weighted by Gasteiger charge is -2.29. The van der Waals surface area contributed by atoms with Crippen molar-refractivity contribution in [3.05, 3.63) is 24.3 Å². The van der Waals surface area contributed by atoms with Crippen LogP contribution in [0, 0.1) is 5.92 Å². The molecule has 1 amide bonds. The van der Waals surface area contributed by atoms with Gasteiger partial charge < -0.3 is 15.0 Å². The first-order valence-electron chi connectivity index (χ1n) is 6.47. The number of rotatable bonds is 2. The number of Topliss-reactive ketones (excluding diaryl/α,β-unsaturated/α-hetero) is 1. The number of nitrogens with one attached hydrogen (secondary N) is 1. The number of nitrogens with zero attached hydrogens (tertiary/aromatic N) is 3. The summed E-state index contributed by atoms with van der Waals surface area (Å²) < 4.78 is 0. The van der Waals surface area contributed by atoms with E-state index in [2.05, 4.69) is 15.0 Å². The molecule has 1 fully saturated rings. The third kappa shape index (κ3) is 2.11. The number of piperidine rings is 1. The Bertz CT molecular complexity index is 666. The molecule has 0 radical (unpaired) electrons. The Balaban J connectivity index is 1.88. The summed E-state index contributed by atoms with van der Waals surface area (Å²) in [6.07, 6.45) is 3.48. The van der Waals surface area contributed by atoms with E-state index < -0.39 is 6.09 Å². The molecule has 1 aliphatic heterocycles. The van der Waals surface area contributed by atoms with Crippen LogP contribution in [0.5, 0.6) is 0 Å². The fraction of sp³-hybridized carbons (Fsp3) is 0.385. The summed E-state index contributed by atoms with van der Waals surface area (Å²) >= 11 is 0. The third-order valence-corrected chi connectivity index (χ3v) is 3.65. The maximum Gasteiger partial charge on any atom is 0.407 e.